The van der Waals surface area contributed by atoms with Crippen molar-refractivity contribution >= 4 is 5.82 Å². The summed E-state index contributed by atoms with van der Waals surface area (Å²) in [5, 5.41) is 3.36. The van der Waals surface area contributed by atoms with E-state index < -0.39 is 0 Å². The maximum absolute atomic E-state index is 4.41. The zero-order valence-corrected chi connectivity index (χ0v) is 9.51. The molecule has 3 heteroatoms. The van der Waals surface area contributed by atoms with Gasteiger partial charge in [0.05, 0.1) is 6.04 Å². The van der Waals surface area contributed by atoms with Gasteiger partial charge in [0.1, 0.15) is 5.82 Å². The van der Waals surface area contributed by atoms with Gasteiger partial charge in [0, 0.05) is 18.1 Å². The summed E-state index contributed by atoms with van der Waals surface area (Å²) in [6.07, 6.45) is 3.61. The first kappa shape index (κ1) is 10.6. The van der Waals surface area contributed by atoms with Crippen molar-refractivity contribution in [1.82, 2.24) is 9.97 Å². The summed E-state index contributed by atoms with van der Waals surface area (Å²) in [6.45, 7) is 4.10. The smallest absolute Gasteiger partial charge is 0.126 e. The fourth-order valence-corrected chi connectivity index (χ4v) is 1.58. The third-order valence-corrected chi connectivity index (χ3v) is 2.46. The summed E-state index contributed by atoms with van der Waals surface area (Å²) in [5.41, 5.74) is 2.23. The van der Waals surface area contributed by atoms with Crippen molar-refractivity contribution in [3.05, 3.63) is 54.0 Å². The van der Waals surface area contributed by atoms with Crippen molar-refractivity contribution in [2.45, 2.75) is 19.9 Å². The molecular formula is C13H15N3. The molecule has 0 amide bonds. The fraction of sp³-hybridized carbons (Fsp3) is 0.231. The Hall–Kier alpha value is -1.90. The zero-order valence-electron chi connectivity index (χ0n) is 9.51. The lowest BCUT2D eigenvalue weighted by Gasteiger charge is -2.14. The van der Waals surface area contributed by atoms with Crippen LogP contribution in [-0.4, -0.2) is 9.97 Å². The van der Waals surface area contributed by atoms with Crippen LogP contribution in [0.1, 0.15) is 24.2 Å². The van der Waals surface area contributed by atoms with E-state index in [1.165, 1.54) is 5.56 Å². The van der Waals surface area contributed by atoms with Gasteiger partial charge < -0.3 is 5.32 Å². The molecule has 0 bridgehead atoms. The number of nitrogens with one attached hydrogen (secondary N) is 1. The minimum Gasteiger partial charge on any atom is -0.364 e. The Morgan fingerprint density at radius 1 is 1.12 bits per heavy atom. The molecule has 0 aromatic carbocycles. The molecule has 0 aliphatic rings. The highest BCUT2D eigenvalue weighted by Gasteiger charge is 2.04. The Bertz CT molecular complexity index is 454. The lowest BCUT2D eigenvalue weighted by molar-refractivity contribution is 0.869. The fourth-order valence-electron chi connectivity index (χ4n) is 1.58. The van der Waals surface area contributed by atoms with E-state index in [0.717, 1.165) is 11.5 Å². The predicted octanol–water partition coefficient (Wildman–Crippen LogP) is 2.96. The van der Waals surface area contributed by atoms with Crippen LogP contribution in [0.4, 0.5) is 5.82 Å². The van der Waals surface area contributed by atoms with E-state index in [0.29, 0.717) is 0 Å². The van der Waals surface area contributed by atoms with Gasteiger partial charge in [-0.15, -0.1) is 0 Å². The molecule has 0 spiro atoms. The summed E-state index contributed by atoms with van der Waals surface area (Å²) in [7, 11) is 0. The molecule has 0 saturated heterocycles. The minimum atomic E-state index is 0.234. The number of nitrogens with zero attached hydrogens (tertiary/aromatic N) is 2. The number of hydrogen-bond acceptors (Lipinski definition) is 3. The summed E-state index contributed by atoms with van der Waals surface area (Å²) in [6, 6.07) is 10.2. The van der Waals surface area contributed by atoms with Gasteiger partial charge in [0.2, 0.25) is 0 Å². The van der Waals surface area contributed by atoms with Crippen molar-refractivity contribution < 1.29 is 0 Å². The summed E-state index contributed by atoms with van der Waals surface area (Å²) < 4.78 is 0. The lowest BCUT2D eigenvalue weighted by Crippen LogP contribution is -2.08. The topological polar surface area (TPSA) is 37.8 Å². The van der Waals surface area contributed by atoms with Gasteiger partial charge in [-0.25, -0.2) is 4.98 Å². The molecule has 1 atom stereocenters. The van der Waals surface area contributed by atoms with Crippen molar-refractivity contribution in [3.63, 3.8) is 0 Å². The van der Waals surface area contributed by atoms with Gasteiger partial charge in [0.15, 0.2) is 0 Å². The zero-order chi connectivity index (χ0) is 11.4. The summed E-state index contributed by atoms with van der Waals surface area (Å²) in [5.74, 6) is 0.907. The maximum atomic E-state index is 4.41. The van der Waals surface area contributed by atoms with E-state index in [2.05, 4.69) is 22.2 Å². The second-order valence-corrected chi connectivity index (χ2v) is 3.81. The van der Waals surface area contributed by atoms with Crippen LogP contribution >= 0.6 is 0 Å². The van der Waals surface area contributed by atoms with Gasteiger partial charge in [-0.3, -0.25) is 4.98 Å². The third kappa shape index (κ3) is 2.57. The molecule has 2 aromatic rings. The Labute approximate surface area is 95.6 Å². The second-order valence-electron chi connectivity index (χ2n) is 3.81. The van der Waals surface area contributed by atoms with Crippen molar-refractivity contribution in [3.8, 4) is 0 Å². The first-order chi connectivity index (χ1) is 7.75. The van der Waals surface area contributed by atoms with Crippen molar-refractivity contribution in [2.75, 3.05) is 5.32 Å². The molecule has 2 rings (SSSR count). The Kier molecular flexibility index (Phi) is 3.15. The number of hydrogen-bond donors (Lipinski definition) is 1. The van der Waals surface area contributed by atoms with Gasteiger partial charge in [-0.1, -0.05) is 6.07 Å². The second kappa shape index (κ2) is 4.75. The molecule has 16 heavy (non-hydrogen) atoms. The quantitative estimate of drug-likeness (QED) is 0.851. The first-order valence-electron chi connectivity index (χ1n) is 5.36. The Morgan fingerprint density at radius 3 is 2.56 bits per heavy atom. The molecule has 3 nitrogen and oxygen atoms in total. The SMILES string of the molecule is Cc1cccc(NC(C)c2ccncc2)n1. The molecule has 0 fully saturated rings. The van der Waals surface area contributed by atoms with E-state index >= 15 is 0 Å². The third-order valence-electron chi connectivity index (χ3n) is 2.46. The molecule has 0 aliphatic carbocycles. The van der Waals surface area contributed by atoms with Crippen LogP contribution in [0.5, 0.6) is 0 Å². The molecule has 1 N–H and O–H groups in total. The van der Waals surface area contributed by atoms with Crippen LogP contribution in [0.15, 0.2) is 42.7 Å². The van der Waals surface area contributed by atoms with Crippen molar-refractivity contribution in [1.29, 1.82) is 0 Å². The van der Waals surface area contributed by atoms with E-state index in [1.54, 1.807) is 12.4 Å². The molecule has 0 saturated carbocycles. The Balaban J connectivity index is 2.11. The van der Waals surface area contributed by atoms with Crippen molar-refractivity contribution in [2.24, 2.45) is 0 Å². The molecule has 2 aromatic heterocycles. The largest absolute Gasteiger partial charge is 0.364 e. The van der Waals surface area contributed by atoms with E-state index in [-0.39, 0.29) is 6.04 Å². The summed E-state index contributed by atoms with van der Waals surface area (Å²) in [4.78, 5) is 8.42. The van der Waals surface area contributed by atoms with Gasteiger partial charge in [-0.05, 0) is 43.7 Å². The first-order valence-corrected chi connectivity index (χ1v) is 5.36. The van der Waals surface area contributed by atoms with E-state index in [4.69, 9.17) is 0 Å². The van der Waals surface area contributed by atoms with Crippen LogP contribution in [0.2, 0.25) is 0 Å². The molecule has 1 unspecified atom stereocenters. The molecule has 2 heterocycles. The maximum Gasteiger partial charge on any atom is 0.126 e. The van der Waals surface area contributed by atoms with Crippen LogP contribution in [0.3, 0.4) is 0 Å². The van der Waals surface area contributed by atoms with Crippen LogP contribution in [-0.2, 0) is 0 Å². The van der Waals surface area contributed by atoms with Gasteiger partial charge in [0.25, 0.3) is 0 Å². The van der Waals surface area contributed by atoms with E-state index in [9.17, 15) is 0 Å². The molecule has 0 aliphatic heterocycles. The highest BCUT2D eigenvalue weighted by molar-refractivity contribution is 5.38. The highest BCUT2D eigenvalue weighted by Crippen LogP contribution is 2.16. The van der Waals surface area contributed by atoms with Crippen LogP contribution < -0.4 is 5.32 Å². The highest BCUT2D eigenvalue weighted by atomic mass is 15.0. The molecule has 82 valence electrons. The number of aryl methyl sites for hydroxylation is 1. The van der Waals surface area contributed by atoms with E-state index in [1.807, 2.05) is 37.3 Å². The monoisotopic (exact) mass is 213 g/mol. The average molecular weight is 213 g/mol. The molecule has 0 radical (unpaired) electrons. The Morgan fingerprint density at radius 2 is 1.88 bits per heavy atom. The normalized spacial score (nSPS) is 12.1. The number of rotatable bonds is 3. The number of pyridine rings is 2. The lowest BCUT2D eigenvalue weighted by atomic mass is 10.1. The number of aromatic nitrogens is 2. The predicted molar refractivity (Wildman–Crippen MR) is 65.2 cm³/mol. The van der Waals surface area contributed by atoms with Gasteiger partial charge in [-0.2, -0.15) is 0 Å². The van der Waals surface area contributed by atoms with Crippen LogP contribution in [0.25, 0.3) is 0 Å². The van der Waals surface area contributed by atoms with Gasteiger partial charge >= 0.3 is 0 Å². The average Bonchev–Trinajstić information content (AvgIpc) is 2.30. The standard InChI is InChI=1S/C13H15N3/c1-10-4-3-5-13(15-10)16-11(2)12-6-8-14-9-7-12/h3-9,11H,1-2H3,(H,15,16). The molecular weight excluding hydrogens is 198 g/mol. The van der Waals surface area contributed by atoms with Crippen LogP contribution in [0, 0.1) is 6.92 Å². The number of anilines is 1. The minimum absolute atomic E-state index is 0.234. The summed E-state index contributed by atoms with van der Waals surface area (Å²) >= 11 is 0.